The minimum absolute atomic E-state index is 0.0222. The largest absolute Gasteiger partial charge is 0.573 e. The van der Waals surface area contributed by atoms with Crippen LogP contribution in [0, 0.1) is 0 Å². The summed E-state index contributed by atoms with van der Waals surface area (Å²) in [4.78, 5) is 13.9. The molecule has 0 bridgehead atoms. The molecule has 0 aliphatic rings. The Labute approximate surface area is 117 Å². The molecule has 0 saturated carbocycles. The maximum Gasteiger partial charge on any atom is 0.573 e. The monoisotopic (exact) mass is 363 g/mol. The number of alkyl halides is 6. The van der Waals surface area contributed by atoms with Crippen molar-refractivity contribution in [1.29, 1.82) is 0 Å². The van der Waals surface area contributed by atoms with E-state index < -0.39 is 42.2 Å². The van der Waals surface area contributed by atoms with E-state index in [0.717, 1.165) is 6.07 Å². The van der Waals surface area contributed by atoms with Gasteiger partial charge in [0, 0.05) is 10.9 Å². The van der Waals surface area contributed by atoms with Gasteiger partial charge in [0.15, 0.2) is 5.75 Å². The standard InChI is InChI=1S/C10H7BrF5NO3/c11-3-5-1-4(2-6(18)19)8(20-10(14,15)16)7(17-5)9(12)13/h1,9H,2-3H2,(H,18,19). The van der Waals surface area contributed by atoms with Crippen molar-refractivity contribution < 1.29 is 36.6 Å². The first kappa shape index (κ1) is 16.6. The van der Waals surface area contributed by atoms with Crippen LogP contribution < -0.4 is 4.74 Å². The number of ether oxygens (including phenoxy) is 1. The molecule has 4 nitrogen and oxygen atoms in total. The second-order valence-electron chi connectivity index (χ2n) is 3.54. The molecule has 1 aromatic heterocycles. The number of halogens is 6. The van der Waals surface area contributed by atoms with E-state index in [4.69, 9.17) is 5.11 Å². The van der Waals surface area contributed by atoms with E-state index in [1.165, 1.54) is 0 Å². The molecule has 20 heavy (non-hydrogen) atoms. The number of hydrogen-bond acceptors (Lipinski definition) is 3. The molecule has 0 saturated heterocycles. The van der Waals surface area contributed by atoms with Gasteiger partial charge in [-0.15, -0.1) is 13.2 Å². The van der Waals surface area contributed by atoms with Crippen LogP contribution in [0.25, 0.3) is 0 Å². The van der Waals surface area contributed by atoms with Gasteiger partial charge in [0.1, 0.15) is 5.69 Å². The first-order chi connectivity index (χ1) is 9.14. The van der Waals surface area contributed by atoms with Crippen LogP contribution >= 0.6 is 15.9 Å². The second-order valence-corrected chi connectivity index (χ2v) is 4.10. The van der Waals surface area contributed by atoms with Crippen molar-refractivity contribution in [1.82, 2.24) is 4.98 Å². The van der Waals surface area contributed by atoms with Crippen LogP contribution in [-0.2, 0) is 16.5 Å². The van der Waals surface area contributed by atoms with Crippen molar-refractivity contribution >= 4 is 21.9 Å². The molecule has 0 amide bonds. The molecular formula is C10H7BrF5NO3. The highest BCUT2D eigenvalue weighted by molar-refractivity contribution is 9.08. The fourth-order valence-electron chi connectivity index (χ4n) is 1.41. The maximum absolute atomic E-state index is 12.8. The van der Waals surface area contributed by atoms with Crippen molar-refractivity contribution in [2.75, 3.05) is 0 Å². The lowest BCUT2D eigenvalue weighted by Gasteiger charge is -2.16. The Morgan fingerprint density at radius 3 is 2.45 bits per heavy atom. The smallest absolute Gasteiger partial charge is 0.481 e. The van der Waals surface area contributed by atoms with E-state index in [1.807, 2.05) is 0 Å². The molecule has 0 aliphatic heterocycles. The van der Waals surface area contributed by atoms with Gasteiger partial charge in [0.25, 0.3) is 6.43 Å². The Balaban J connectivity index is 3.42. The number of carbonyl (C=O) groups is 1. The zero-order chi connectivity index (χ0) is 15.5. The third kappa shape index (κ3) is 4.58. The van der Waals surface area contributed by atoms with E-state index in [2.05, 4.69) is 25.7 Å². The van der Waals surface area contributed by atoms with Gasteiger partial charge < -0.3 is 9.84 Å². The summed E-state index contributed by atoms with van der Waals surface area (Å²) in [5.41, 5.74) is -1.78. The normalized spacial score (nSPS) is 11.8. The molecule has 1 rings (SSSR count). The topological polar surface area (TPSA) is 59.4 Å². The average Bonchev–Trinajstić information content (AvgIpc) is 2.28. The quantitative estimate of drug-likeness (QED) is 0.643. The zero-order valence-corrected chi connectivity index (χ0v) is 11.1. The lowest BCUT2D eigenvalue weighted by atomic mass is 10.1. The molecule has 0 aromatic carbocycles. The molecule has 1 N–H and O–H groups in total. The molecule has 0 unspecified atom stereocenters. The SMILES string of the molecule is O=C(O)Cc1cc(CBr)nc(C(F)F)c1OC(F)(F)F. The number of aromatic nitrogens is 1. The van der Waals surface area contributed by atoms with Gasteiger partial charge >= 0.3 is 12.3 Å². The molecule has 0 aliphatic carbocycles. The average molecular weight is 364 g/mol. The van der Waals surface area contributed by atoms with Crippen LogP contribution in [-0.4, -0.2) is 22.4 Å². The highest BCUT2D eigenvalue weighted by Crippen LogP contribution is 2.35. The Hall–Kier alpha value is -1.45. The molecular weight excluding hydrogens is 357 g/mol. The molecule has 0 fully saturated rings. The van der Waals surface area contributed by atoms with Crippen LogP contribution in [0.4, 0.5) is 22.0 Å². The molecule has 0 spiro atoms. The van der Waals surface area contributed by atoms with Crippen LogP contribution in [0.5, 0.6) is 5.75 Å². The summed E-state index contributed by atoms with van der Waals surface area (Å²) in [7, 11) is 0. The Morgan fingerprint density at radius 2 is 2.05 bits per heavy atom. The Kier molecular flexibility index (Phi) is 5.26. The molecule has 1 aromatic rings. The van der Waals surface area contributed by atoms with Crippen LogP contribution in [0.1, 0.15) is 23.4 Å². The highest BCUT2D eigenvalue weighted by atomic mass is 79.9. The van der Waals surface area contributed by atoms with Crippen molar-refractivity contribution in [2.24, 2.45) is 0 Å². The molecule has 0 radical (unpaired) electrons. The van der Waals surface area contributed by atoms with Gasteiger partial charge in [-0.05, 0) is 6.07 Å². The maximum atomic E-state index is 12.8. The van der Waals surface area contributed by atoms with Gasteiger partial charge in [-0.1, -0.05) is 15.9 Å². The number of carboxylic acids is 1. The van der Waals surface area contributed by atoms with Crippen LogP contribution in [0.3, 0.4) is 0 Å². The summed E-state index contributed by atoms with van der Waals surface area (Å²) in [6.45, 7) is 0. The molecule has 0 atom stereocenters. The number of carboxylic acid groups (broad SMARTS) is 1. The van der Waals surface area contributed by atoms with E-state index in [9.17, 15) is 26.7 Å². The minimum Gasteiger partial charge on any atom is -0.481 e. The first-order valence-corrected chi connectivity index (χ1v) is 6.10. The van der Waals surface area contributed by atoms with E-state index >= 15 is 0 Å². The summed E-state index contributed by atoms with van der Waals surface area (Å²) in [5.74, 6) is -2.75. The fourth-order valence-corrected chi connectivity index (χ4v) is 1.70. The predicted molar refractivity (Wildman–Crippen MR) is 59.8 cm³/mol. The predicted octanol–water partition coefficient (Wildman–Crippen LogP) is 3.44. The third-order valence-corrected chi connectivity index (χ3v) is 2.61. The van der Waals surface area contributed by atoms with Crippen LogP contribution in [0.2, 0.25) is 0 Å². The van der Waals surface area contributed by atoms with E-state index in [-0.39, 0.29) is 11.0 Å². The second kappa shape index (κ2) is 6.33. The first-order valence-electron chi connectivity index (χ1n) is 4.98. The van der Waals surface area contributed by atoms with Gasteiger partial charge in [0.2, 0.25) is 0 Å². The summed E-state index contributed by atoms with van der Waals surface area (Å²) in [6.07, 6.45) is -9.46. The number of aliphatic carboxylic acids is 1. The van der Waals surface area contributed by atoms with Crippen molar-refractivity contribution in [3.8, 4) is 5.75 Å². The molecule has 10 heteroatoms. The lowest BCUT2D eigenvalue weighted by Crippen LogP contribution is -2.21. The molecule has 1 heterocycles. The lowest BCUT2D eigenvalue weighted by molar-refractivity contribution is -0.275. The third-order valence-electron chi connectivity index (χ3n) is 2.03. The van der Waals surface area contributed by atoms with Gasteiger partial charge in [-0.3, -0.25) is 4.79 Å². The summed E-state index contributed by atoms with van der Waals surface area (Å²) < 4.78 is 65.7. The van der Waals surface area contributed by atoms with Gasteiger partial charge in [-0.25, -0.2) is 13.8 Å². The van der Waals surface area contributed by atoms with Gasteiger partial charge in [-0.2, -0.15) is 0 Å². The van der Waals surface area contributed by atoms with E-state index in [1.54, 1.807) is 0 Å². The Bertz CT molecular complexity index is 506. The number of pyridine rings is 1. The fraction of sp³-hybridized carbons (Fsp3) is 0.400. The van der Waals surface area contributed by atoms with Crippen molar-refractivity contribution in [2.45, 2.75) is 24.5 Å². The van der Waals surface area contributed by atoms with Crippen molar-refractivity contribution in [3.05, 3.63) is 23.0 Å². The zero-order valence-electron chi connectivity index (χ0n) is 9.55. The number of hydrogen-bond donors (Lipinski definition) is 1. The highest BCUT2D eigenvalue weighted by Gasteiger charge is 2.35. The summed E-state index contributed by atoms with van der Waals surface area (Å²) >= 11 is 2.91. The van der Waals surface area contributed by atoms with Crippen LogP contribution in [0.15, 0.2) is 6.07 Å². The van der Waals surface area contributed by atoms with Crippen molar-refractivity contribution in [3.63, 3.8) is 0 Å². The Morgan fingerprint density at radius 1 is 1.45 bits per heavy atom. The molecule has 112 valence electrons. The number of nitrogens with zero attached hydrogens (tertiary/aromatic N) is 1. The summed E-state index contributed by atoms with van der Waals surface area (Å²) in [5, 5.41) is 8.60. The van der Waals surface area contributed by atoms with E-state index in [0.29, 0.717) is 0 Å². The minimum atomic E-state index is -5.23. The number of rotatable bonds is 5. The summed E-state index contributed by atoms with van der Waals surface area (Å²) in [6, 6.07) is 0.968. The van der Waals surface area contributed by atoms with Gasteiger partial charge in [0.05, 0.1) is 12.1 Å².